The number of fused-ring (bicyclic) bond motifs is 4. The van der Waals surface area contributed by atoms with Crippen LogP contribution >= 0.6 is 0 Å². The van der Waals surface area contributed by atoms with Gasteiger partial charge in [0, 0.05) is 39.8 Å². The predicted molar refractivity (Wildman–Crippen MR) is 192 cm³/mol. The van der Waals surface area contributed by atoms with Gasteiger partial charge in [-0.05, 0) is 35.4 Å². The zero-order valence-electron chi connectivity index (χ0n) is 25.6. The number of nitrogens with zero attached hydrogens (tertiary/aromatic N) is 4. The Bertz CT molecular complexity index is 2330. The van der Waals surface area contributed by atoms with E-state index in [0.717, 1.165) is 73.1 Å². The maximum Gasteiger partial charge on any atom is 0.160 e. The van der Waals surface area contributed by atoms with E-state index in [-0.39, 0.29) is 5.92 Å². The van der Waals surface area contributed by atoms with Crippen molar-refractivity contribution in [2.45, 2.75) is 5.92 Å². The topological polar surface area (TPSA) is 43.6 Å². The lowest BCUT2D eigenvalue weighted by Crippen LogP contribution is -2.17. The monoisotopic (exact) mass is 602 g/mol. The van der Waals surface area contributed by atoms with Gasteiger partial charge in [0.05, 0.1) is 22.4 Å². The predicted octanol–water partition coefficient (Wildman–Crippen LogP) is 10.3. The van der Waals surface area contributed by atoms with E-state index < -0.39 is 0 Å². The van der Waals surface area contributed by atoms with Crippen molar-refractivity contribution in [3.8, 4) is 50.8 Å². The summed E-state index contributed by atoms with van der Waals surface area (Å²) in [6.07, 6.45) is 13.3. The fraction of sp³-hybridized carbons (Fsp3) is 0.0465. The van der Waals surface area contributed by atoms with E-state index in [9.17, 15) is 0 Å². The van der Waals surface area contributed by atoms with Crippen LogP contribution in [-0.4, -0.2) is 19.5 Å². The van der Waals surface area contributed by atoms with Crippen LogP contribution in [0.5, 0.6) is 0 Å². The molecule has 7 aromatic rings. The largest absolute Gasteiger partial charge is 0.292 e. The number of hydrogen-bond acceptors (Lipinski definition) is 3. The minimum absolute atomic E-state index is 0.206. The first-order valence-electron chi connectivity index (χ1n) is 16.0. The molecule has 2 aliphatic carbocycles. The molecule has 2 heterocycles. The van der Waals surface area contributed by atoms with Gasteiger partial charge in [-0.1, -0.05) is 146 Å². The molecule has 0 radical (unpaired) electrons. The van der Waals surface area contributed by atoms with E-state index in [4.69, 9.17) is 15.0 Å². The summed E-state index contributed by atoms with van der Waals surface area (Å²) in [5.41, 5.74) is 11.8. The Morgan fingerprint density at radius 3 is 1.89 bits per heavy atom. The summed E-state index contributed by atoms with van der Waals surface area (Å²) in [6.45, 7) is 0. The molecule has 0 bridgehead atoms. The average molecular weight is 603 g/mol. The van der Waals surface area contributed by atoms with Crippen LogP contribution in [0.4, 0.5) is 0 Å². The summed E-state index contributed by atoms with van der Waals surface area (Å²) >= 11 is 0. The maximum absolute atomic E-state index is 5.15. The molecular weight excluding hydrogens is 573 g/mol. The summed E-state index contributed by atoms with van der Waals surface area (Å²) in [6, 6.07) is 46.5. The fourth-order valence-corrected chi connectivity index (χ4v) is 6.82. The molecule has 0 amide bonds. The van der Waals surface area contributed by atoms with Gasteiger partial charge in [0.1, 0.15) is 5.82 Å². The van der Waals surface area contributed by atoms with E-state index in [1.165, 1.54) is 0 Å². The van der Waals surface area contributed by atoms with Gasteiger partial charge in [0.15, 0.2) is 5.82 Å². The van der Waals surface area contributed by atoms with Crippen molar-refractivity contribution >= 4 is 17.1 Å². The highest BCUT2D eigenvalue weighted by molar-refractivity contribution is 5.84. The first-order chi connectivity index (χ1) is 23.3. The van der Waals surface area contributed by atoms with Gasteiger partial charge in [-0.25, -0.2) is 15.0 Å². The molecule has 0 saturated carbocycles. The highest BCUT2D eigenvalue weighted by Crippen LogP contribution is 2.41. The molecule has 5 aromatic carbocycles. The van der Waals surface area contributed by atoms with Crippen LogP contribution in [0.2, 0.25) is 0 Å². The molecule has 2 unspecified atom stereocenters. The Morgan fingerprint density at radius 2 is 1.13 bits per heavy atom. The average Bonchev–Trinajstić information content (AvgIpc) is 3.55. The van der Waals surface area contributed by atoms with Crippen molar-refractivity contribution in [1.82, 2.24) is 19.5 Å². The second-order valence-corrected chi connectivity index (χ2v) is 12.0. The van der Waals surface area contributed by atoms with Gasteiger partial charge in [0.25, 0.3) is 0 Å². The third kappa shape index (κ3) is 4.82. The van der Waals surface area contributed by atoms with Gasteiger partial charge in [-0.15, -0.1) is 0 Å². The number of benzene rings is 5. The minimum Gasteiger partial charge on any atom is -0.292 e. The Morgan fingerprint density at radius 1 is 0.489 bits per heavy atom. The van der Waals surface area contributed by atoms with Crippen LogP contribution in [0.1, 0.15) is 17.2 Å². The molecule has 9 rings (SSSR count). The Kier molecular flexibility index (Phi) is 6.57. The van der Waals surface area contributed by atoms with Gasteiger partial charge in [-0.2, -0.15) is 0 Å². The minimum atomic E-state index is 0.206. The van der Waals surface area contributed by atoms with Crippen LogP contribution in [0.15, 0.2) is 164 Å². The van der Waals surface area contributed by atoms with Crippen molar-refractivity contribution in [3.05, 3.63) is 175 Å². The summed E-state index contributed by atoms with van der Waals surface area (Å²) in [7, 11) is 0. The molecule has 0 saturated heterocycles. The molecule has 2 aromatic heterocycles. The number of hydrogen-bond donors (Lipinski definition) is 0. The fourth-order valence-electron chi connectivity index (χ4n) is 6.82. The molecule has 47 heavy (non-hydrogen) atoms. The highest BCUT2D eigenvalue weighted by atomic mass is 15.1. The van der Waals surface area contributed by atoms with Crippen LogP contribution < -0.4 is 0 Å². The molecular formula is C43H30N4. The first kappa shape index (κ1) is 27.2. The summed E-state index contributed by atoms with van der Waals surface area (Å²) < 4.78 is 2.24. The molecule has 222 valence electrons. The highest BCUT2D eigenvalue weighted by Gasteiger charge is 2.29. The van der Waals surface area contributed by atoms with Gasteiger partial charge < -0.3 is 0 Å². The van der Waals surface area contributed by atoms with E-state index in [1.54, 1.807) is 0 Å². The Balaban J connectivity index is 1.08. The van der Waals surface area contributed by atoms with Gasteiger partial charge in [-0.3, -0.25) is 4.57 Å². The van der Waals surface area contributed by atoms with Crippen LogP contribution in [0, 0.1) is 5.92 Å². The summed E-state index contributed by atoms with van der Waals surface area (Å²) in [5.74, 6) is 2.21. The summed E-state index contributed by atoms with van der Waals surface area (Å²) in [4.78, 5) is 15.3. The number of rotatable bonds is 5. The maximum atomic E-state index is 5.15. The lowest BCUT2D eigenvalue weighted by Gasteiger charge is -2.28. The Hall–Kier alpha value is -6.13. The van der Waals surface area contributed by atoms with E-state index >= 15 is 0 Å². The number of para-hydroxylation sites is 3. The zero-order chi connectivity index (χ0) is 31.2. The molecule has 4 heteroatoms. The quantitative estimate of drug-likeness (QED) is 0.197. The standard InChI is InChI=1S/C43H30N4/c1-3-12-33(13-4-1)42-45-40(37-28-27-31-11-7-8-16-36(31)41(37)46-42)32-23-19-29(20-24-32)30-21-25-34(26-22-30)43-44-38-17-9-10-18-39(38)47(43)35-14-5-2-6-15-35/h1-28,31,36H. The van der Waals surface area contributed by atoms with E-state index in [2.05, 4.69) is 144 Å². The number of aromatic nitrogens is 4. The lowest BCUT2D eigenvalue weighted by atomic mass is 9.79. The first-order valence-corrected chi connectivity index (χ1v) is 16.0. The Labute approximate surface area is 273 Å². The van der Waals surface area contributed by atoms with Crippen LogP contribution in [-0.2, 0) is 0 Å². The normalized spacial score (nSPS) is 16.3. The van der Waals surface area contributed by atoms with Crippen LogP contribution in [0.25, 0.3) is 68.0 Å². The van der Waals surface area contributed by atoms with Gasteiger partial charge in [0.2, 0.25) is 0 Å². The molecule has 2 aliphatic rings. The van der Waals surface area contributed by atoms with E-state index in [1.807, 2.05) is 30.3 Å². The second-order valence-electron chi connectivity index (χ2n) is 12.0. The van der Waals surface area contributed by atoms with Crippen molar-refractivity contribution in [3.63, 3.8) is 0 Å². The third-order valence-corrected chi connectivity index (χ3v) is 9.20. The van der Waals surface area contributed by atoms with Crippen molar-refractivity contribution in [2.24, 2.45) is 5.92 Å². The second kappa shape index (κ2) is 11.3. The SMILES string of the molecule is C1=CC2C=Cc3c(-c4ccc(-c5ccc(-c6nc7ccccc7n6-c6ccccc6)cc5)cc4)nc(-c4ccccc4)nc3C2C=C1. The van der Waals surface area contributed by atoms with Crippen LogP contribution in [0.3, 0.4) is 0 Å². The van der Waals surface area contributed by atoms with Crippen molar-refractivity contribution < 1.29 is 0 Å². The third-order valence-electron chi connectivity index (χ3n) is 9.20. The summed E-state index contributed by atoms with van der Waals surface area (Å²) in [5, 5.41) is 0. The molecule has 0 aliphatic heterocycles. The zero-order valence-corrected chi connectivity index (χ0v) is 25.6. The molecule has 2 atom stereocenters. The smallest absolute Gasteiger partial charge is 0.160 e. The lowest BCUT2D eigenvalue weighted by molar-refractivity contribution is 0.669. The molecule has 4 nitrogen and oxygen atoms in total. The molecule has 0 N–H and O–H groups in total. The molecule has 0 fully saturated rings. The van der Waals surface area contributed by atoms with Crippen molar-refractivity contribution in [2.75, 3.05) is 0 Å². The van der Waals surface area contributed by atoms with Crippen molar-refractivity contribution in [1.29, 1.82) is 0 Å². The molecule has 0 spiro atoms. The number of imidazole rings is 1. The van der Waals surface area contributed by atoms with Gasteiger partial charge >= 0.3 is 0 Å². The number of allylic oxidation sites excluding steroid dienone is 5. The van der Waals surface area contributed by atoms with E-state index in [0.29, 0.717) is 5.92 Å².